The van der Waals surface area contributed by atoms with Crippen LogP contribution in [0.1, 0.15) is 24.8 Å². The summed E-state index contributed by atoms with van der Waals surface area (Å²) in [5, 5.41) is 2.81. The van der Waals surface area contributed by atoms with Crippen LogP contribution in [0.3, 0.4) is 0 Å². The van der Waals surface area contributed by atoms with Crippen LogP contribution in [-0.2, 0) is 4.79 Å². The number of rotatable bonds is 4. The average Bonchev–Trinajstić information content (AvgIpc) is 2.42. The third-order valence-electron chi connectivity index (χ3n) is 3.20. The fourth-order valence-corrected chi connectivity index (χ4v) is 2.62. The van der Waals surface area contributed by atoms with Crippen molar-refractivity contribution < 1.29 is 9.18 Å². The smallest absolute Gasteiger partial charge is 0.225 e. The molecule has 110 valence electrons. The number of hydrogen-bond acceptors (Lipinski definition) is 2. The zero-order chi connectivity index (χ0) is 15.4. The molecule has 5 heteroatoms. The van der Waals surface area contributed by atoms with E-state index in [1.165, 1.54) is 12.1 Å². The Morgan fingerprint density at radius 3 is 2.57 bits per heavy atom. The van der Waals surface area contributed by atoms with Crippen LogP contribution >= 0.6 is 22.6 Å². The summed E-state index contributed by atoms with van der Waals surface area (Å²) in [5.74, 6) is -0.319. The first kappa shape index (κ1) is 15.8. The first-order chi connectivity index (χ1) is 9.95. The number of halogens is 2. The van der Waals surface area contributed by atoms with Gasteiger partial charge in [0, 0.05) is 15.7 Å². The Kier molecular flexibility index (Phi) is 5.17. The average molecular weight is 398 g/mol. The van der Waals surface area contributed by atoms with Crippen LogP contribution in [0.5, 0.6) is 0 Å². The van der Waals surface area contributed by atoms with Gasteiger partial charge in [0.2, 0.25) is 5.91 Å². The molecule has 2 rings (SSSR count). The van der Waals surface area contributed by atoms with Crippen LogP contribution in [0.2, 0.25) is 0 Å². The molecule has 0 radical (unpaired) electrons. The van der Waals surface area contributed by atoms with Gasteiger partial charge in [0.1, 0.15) is 5.82 Å². The van der Waals surface area contributed by atoms with Gasteiger partial charge in [-0.25, -0.2) is 4.39 Å². The van der Waals surface area contributed by atoms with Crippen molar-refractivity contribution in [2.75, 3.05) is 11.1 Å². The second-order valence-electron chi connectivity index (χ2n) is 4.94. The summed E-state index contributed by atoms with van der Waals surface area (Å²) in [4.78, 5) is 12.1. The number of hydrogen-bond donors (Lipinski definition) is 2. The largest absolute Gasteiger partial charge is 0.399 e. The number of carbonyl (C=O) groups is 1. The normalized spacial score (nSPS) is 12.0. The summed E-state index contributed by atoms with van der Waals surface area (Å²) in [5.41, 5.74) is 8.05. The molecule has 2 aromatic carbocycles. The zero-order valence-electron chi connectivity index (χ0n) is 11.6. The number of nitrogens with one attached hydrogen (secondary N) is 1. The maximum Gasteiger partial charge on any atom is 0.225 e. The van der Waals surface area contributed by atoms with Gasteiger partial charge in [-0.1, -0.05) is 19.1 Å². The first-order valence-electron chi connectivity index (χ1n) is 6.56. The molecule has 0 saturated carbocycles. The summed E-state index contributed by atoms with van der Waals surface area (Å²) in [6.07, 6.45) is 0.359. The van der Waals surface area contributed by atoms with Crippen LogP contribution in [0.15, 0.2) is 42.5 Å². The van der Waals surface area contributed by atoms with Gasteiger partial charge in [-0.3, -0.25) is 4.79 Å². The highest BCUT2D eigenvalue weighted by molar-refractivity contribution is 14.1. The van der Waals surface area contributed by atoms with Gasteiger partial charge in [-0.2, -0.15) is 0 Å². The number of amides is 1. The highest BCUT2D eigenvalue weighted by Gasteiger charge is 2.12. The lowest BCUT2D eigenvalue weighted by Crippen LogP contribution is -2.15. The first-order valence-corrected chi connectivity index (χ1v) is 7.64. The molecule has 0 aliphatic heterocycles. The lowest BCUT2D eigenvalue weighted by molar-refractivity contribution is -0.116. The van der Waals surface area contributed by atoms with Crippen molar-refractivity contribution >= 4 is 39.9 Å². The molecule has 0 fully saturated rings. The highest BCUT2D eigenvalue weighted by atomic mass is 127. The van der Waals surface area contributed by atoms with E-state index in [0.717, 1.165) is 5.56 Å². The molecule has 0 aliphatic carbocycles. The standard InChI is InChI=1S/C16H16FIN2O/c1-10(11-2-5-13(19)6-3-11)8-16(21)20-15-7-4-12(17)9-14(15)18/h2-7,9-10H,8,19H2,1H3,(H,20,21). The van der Waals surface area contributed by atoms with E-state index in [0.29, 0.717) is 21.4 Å². The van der Waals surface area contributed by atoms with Crippen molar-refractivity contribution in [1.29, 1.82) is 0 Å². The topological polar surface area (TPSA) is 55.1 Å². The predicted molar refractivity (Wildman–Crippen MR) is 91.6 cm³/mol. The summed E-state index contributed by atoms with van der Waals surface area (Å²) < 4.78 is 13.7. The van der Waals surface area contributed by atoms with Crippen LogP contribution in [0, 0.1) is 9.39 Å². The number of anilines is 2. The molecule has 0 bridgehead atoms. The molecule has 1 atom stereocenters. The molecule has 0 saturated heterocycles. The molecule has 2 aromatic rings. The third-order valence-corrected chi connectivity index (χ3v) is 4.09. The van der Waals surface area contributed by atoms with Crippen LogP contribution in [0.4, 0.5) is 15.8 Å². The van der Waals surface area contributed by atoms with E-state index < -0.39 is 0 Å². The maximum atomic E-state index is 13.0. The van der Waals surface area contributed by atoms with Crippen molar-refractivity contribution in [2.45, 2.75) is 19.3 Å². The van der Waals surface area contributed by atoms with Crippen LogP contribution < -0.4 is 11.1 Å². The fourth-order valence-electron chi connectivity index (χ4n) is 2.01. The van der Waals surface area contributed by atoms with Crippen molar-refractivity contribution in [1.82, 2.24) is 0 Å². The van der Waals surface area contributed by atoms with Crippen LogP contribution in [0.25, 0.3) is 0 Å². The summed E-state index contributed by atoms with van der Waals surface area (Å²) >= 11 is 2.00. The Morgan fingerprint density at radius 1 is 1.29 bits per heavy atom. The van der Waals surface area contributed by atoms with Crippen LogP contribution in [-0.4, -0.2) is 5.91 Å². The van der Waals surface area contributed by atoms with Gasteiger partial charge in [0.25, 0.3) is 0 Å². The molecule has 0 aromatic heterocycles. The van der Waals surface area contributed by atoms with Gasteiger partial charge in [-0.15, -0.1) is 0 Å². The van der Waals surface area contributed by atoms with E-state index in [1.807, 2.05) is 53.8 Å². The van der Waals surface area contributed by atoms with E-state index in [1.54, 1.807) is 6.07 Å². The van der Waals surface area contributed by atoms with E-state index >= 15 is 0 Å². The molecule has 3 nitrogen and oxygen atoms in total. The number of benzene rings is 2. The maximum absolute atomic E-state index is 13.0. The Morgan fingerprint density at radius 2 is 1.95 bits per heavy atom. The molecule has 0 heterocycles. The molecular weight excluding hydrogens is 382 g/mol. The van der Waals surface area contributed by atoms with Crippen molar-refractivity contribution in [3.05, 3.63) is 57.4 Å². The Labute approximate surface area is 136 Å². The van der Waals surface area contributed by atoms with E-state index in [4.69, 9.17) is 5.73 Å². The number of nitrogens with two attached hydrogens (primary N) is 1. The minimum absolute atomic E-state index is 0.0868. The second kappa shape index (κ2) is 6.89. The second-order valence-corrected chi connectivity index (χ2v) is 6.11. The molecule has 1 amide bonds. The van der Waals surface area contributed by atoms with Crippen molar-refractivity contribution in [2.24, 2.45) is 0 Å². The van der Waals surface area contributed by atoms with Gasteiger partial charge in [-0.05, 0) is 64.4 Å². The minimum Gasteiger partial charge on any atom is -0.399 e. The van der Waals surface area contributed by atoms with Gasteiger partial charge in [0.05, 0.1) is 5.69 Å². The van der Waals surface area contributed by atoms with E-state index in [9.17, 15) is 9.18 Å². The van der Waals surface area contributed by atoms with Crippen molar-refractivity contribution in [3.8, 4) is 0 Å². The third kappa shape index (κ3) is 4.42. The SMILES string of the molecule is CC(CC(=O)Nc1ccc(F)cc1I)c1ccc(N)cc1. The quantitative estimate of drug-likeness (QED) is 0.601. The number of carbonyl (C=O) groups excluding carboxylic acids is 1. The summed E-state index contributed by atoms with van der Waals surface area (Å²) in [6.45, 7) is 1.99. The lowest BCUT2D eigenvalue weighted by atomic mass is 9.97. The van der Waals surface area contributed by atoms with E-state index in [-0.39, 0.29) is 17.6 Å². The minimum atomic E-state index is -0.312. The van der Waals surface area contributed by atoms with Gasteiger partial charge < -0.3 is 11.1 Å². The van der Waals surface area contributed by atoms with E-state index in [2.05, 4.69) is 5.32 Å². The molecule has 0 spiro atoms. The highest BCUT2D eigenvalue weighted by Crippen LogP contribution is 2.23. The summed E-state index contributed by atoms with van der Waals surface area (Å²) in [7, 11) is 0. The fraction of sp³-hybridized carbons (Fsp3) is 0.188. The molecule has 1 unspecified atom stereocenters. The number of nitrogen functional groups attached to an aromatic ring is 1. The predicted octanol–water partition coefficient (Wildman–Crippen LogP) is 4.14. The lowest BCUT2D eigenvalue weighted by Gasteiger charge is -2.13. The Bertz CT molecular complexity index is 643. The molecule has 3 N–H and O–H groups in total. The Balaban J connectivity index is 1.99. The van der Waals surface area contributed by atoms with Crippen molar-refractivity contribution in [3.63, 3.8) is 0 Å². The summed E-state index contributed by atoms with van der Waals surface area (Å²) in [6, 6.07) is 11.8. The zero-order valence-corrected chi connectivity index (χ0v) is 13.7. The molecular formula is C16H16FIN2O. The molecule has 21 heavy (non-hydrogen) atoms. The monoisotopic (exact) mass is 398 g/mol. The Hall–Kier alpha value is -1.63. The van der Waals surface area contributed by atoms with Gasteiger partial charge >= 0.3 is 0 Å². The molecule has 0 aliphatic rings. The van der Waals surface area contributed by atoms with Gasteiger partial charge in [0.15, 0.2) is 0 Å².